The van der Waals surface area contributed by atoms with E-state index in [1.807, 2.05) is 6.07 Å². The number of benzene rings is 1. The minimum Gasteiger partial charge on any atom is -0.481 e. The summed E-state index contributed by atoms with van der Waals surface area (Å²) < 4.78 is 39.3. The monoisotopic (exact) mass is 488 g/mol. The molecule has 0 radical (unpaired) electrons. The molecule has 0 aliphatic carbocycles. The van der Waals surface area contributed by atoms with E-state index < -0.39 is 10.0 Å². The first-order valence-electron chi connectivity index (χ1n) is 9.44. The summed E-state index contributed by atoms with van der Waals surface area (Å²) in [4.78, 5) is 12.4. The third-order valence-electron chi connectivity index (χ3n) is 4.68. The predicted molar refractivity (Wildman–Crippen MR) is 118 cm³/mol. The van der Waals surface area contributed by atoms with Crippen molar-refractivity contribution < 1.29 is 17.9 Å². The third-order valence-corrected chi connectivity index (χ3v) is 6.35. The van der Waals surface area contributed by atoms with E-state index in [1.165, 1.54) is 37.6 Å². The smallest absolute Gasteiger partial charge is 0.266 e. The van der Waals surface area contributed by atoms with E-state index in [2.05, 4.69) is 29.9 Å². The average Bonchev–Trinajstić information content (AvgIpc) is 3.47. The van der Waals surface area contributed by atoms with Crippen molar-refractivity contribution in [2.45, 2.75) is 17.7 Å². The van der Waals surface area contributed by atoms with Crippen LogP contribution in [-0.4, -0.2) is 52.6 Å². The van der Waals surface area contributed by atoms with E-state index in [9.17, 15) is 8.42 Å². The fourth-order valence-corrected chi connectivity index (χ4v) is 4.63. The molecule has 4 aromatic rings. The zero-order valence-electron chi connectivity index (χ0n) is 17.4. The second kappa shape index (κ2) is 8.93. The van der Waals surface area contributed by atoms with Gasteiger partial charge in [0, 0.05) is 18.0 Å². The summed E-state index contributed by atoms with van der Waals surface area (Å²) in [6.45, 7) is 0. The van der Waals surface area contributed by atoms with E-state index >= 15 is 0 Å². The summed E-state index contributed by atoms with van der Waals surface area (Å²) >= 11 is 6.31. The Bertz CT molecular complexity index is 1440. The van der Waals surface area contributed by atoms with Gasteiger partial charge in [0.1, 0.15) is 10.6 Å². The summed E-state index contributed by atoms with van der Waals surface area (Å²) in [6.07, 6.45) is 4.76. The molecule has 0 aliphatic heterocycles. The minimum absolute atomic E-state index is 0.0577. The highest BCUT2D eigenvalue weighted by Gasteiger charge is 2.25. The molecular formula is C19H17ClN8O4S. The number of fused-ring (bicyclic) bond motifs is 1. The quantitative estimate of drug-likeness (QED) is 0.379. The van der Waals surface area contributed by atoms with Gasteiger partial charge in [-0.3, -0.25) is 0 Å². The molecule has 0 aliphatic rings. The minimum atomic E-state index is -4.14. The number of nitriles is 1. The van der Waals surface area contributed by atoms with Crippen LogP contribution in [0.1, 0.15) is 12.0 Å². The van der Waals surface area contributed by atoms with Crippen LogP contribution in [-0.2, 0) is 16.4 Å². The Morgan fingerprint density at radius 2 is 1.85 bits per heavy atom. The predicted octanol–water partition coefficient (Wildman–Crippen LogP) is 2.47. The zero-order chi connectivity index (χ0) is 23.6. The van der Waals surface area contributed by atoms with Crippen molar-refractivity contribution in [1.82, 2.24) is 29.9 Å². The molecule has 3 aromatic heterocycles. The molecule has 0 atom stereocenters. The molecule has 0 fully saturated rings. The van der Waals surface area contributed by atoms with Gasteiger partial charge in [-0.05, 0) is 18.6 Å². The van der Waals surface area contributed by atoms with Crippen molar-refractivity contribution in [3.05, 3.63) is 41.3 Å². The Labute approximate surface area is 193 Å². The van der Waals surface area contributed by atoms with Gasteiger partial charge in [0.2, 0.25) is 17.7 Å². The van der Waals surface area contributed by atoms with Crippen LogP contribution in [0.15, 0.2) is 35.6 Å². The maximum Gasteiger partial charge on any atom is 0.266 e. The van der Waals surface area contributed by atoms with Crippen molar-refractivity contribution in [3.8, 4) is 23.5 Å². The van der Waals surface area contributed by atoms with Gasteiger partial charge >= 0.3 is 0 Å². The van der Waals surface area contributed by atoms with E-state index in [4.69, 9.17) is 26.3 Å². The van der Waals surface area contributed by atoms with Crippen molar-refractivity contribution >= 4 is 38.5 Å². The standard InChI is InChI=1S/C19H17ClN8O4S/c1-31-17-12(4-3-7-21)18(32-2)26-19(25-17)27-33(29,30)14-10-22-15-11(14)5-6-13(20)16(15)28-23-8-9-24-28/h5-6,8-10,22H,3-4H2,1-2H3,(H,25,26,27). The third kappa shape index (κ3) is 4.13. The van der Waals surface area contributed by atoms with E-state index in [1.54, 1.807) is 12.1 Å². The highest BCUT2D eigenvalue weighted by Crippen LogP contribution is 2.33. The summed E-state index contributed by atoms with van der Waals surface area (Å²) in [5.41, 5.74) is 1.30. The molecule has 2 N–H and O–H groups in total. The van der Waals surface area contributed by atoms with E-state index in [-0.39, 0.29) is 35.4 Å². The summed E-state index contributed by atoms with van der Waals surface area (Å²) in [7, 11) is -1.38. The van der Waals surface area contributed by atoms with E-state index in [0.717, 1.165) is 0 Å². The molecule has 0 bridgehead atoms. The number of nitrogens with zero attached hydrogens (tertiary/aromatic N) is 6. The Balaban J connectivity index is 1.76. The number of sulfonamides is 1. The number of aromatic nitrogens is 6. The number of H-pyrrole nitrogens is 1. The van der Waals surface area contributed by atoms with Crippen LogP contribution >= 0.6 is 11.6 Å². The molecule has 33 heavy (non-hydrogen) atoms. The lowest BCUT2D eigenvalue weighted by atomic mass is 10.2. The molecule has 4 rings (SSSR count). The molecule has 3 heterocycles. The van der Waals surface area contributed by atoms with Crippen LogP contribution in [0.4, 0.5) is 5.95 Å². The van der Waals surface area contributed by atoms with Crippen molar-refractivity contribution in [2.75, 3.05) is 18.9 Å². The number of halogens is 1. The lowest BCUT2D eigenvalue weighted by Gasteiger charge is -2.13. The Kier molecular flexibility index (Phi) is 6.03. The summed E-state index contributed by atoms with van der Waals surface area (Å²) in [6, 6.07) is 5.15. The molecule has 1 aromatic carbocycles. The van der Waals surface area contributed by atoms with Gasteiger partial charge in [0.15, 0.2) is 0 Å². The highest BCUT2D eigenvalue weighted by molar-refractivity contribution is 7.93. The molecule has 14 heteroatoms. The van der Waals surface area contributed by atoms with Crippen molar-refractivity contribution in [3.63, 3.8) is 0 Å². The fourth-order valence-electron chi connectivity index (χ4n) is 3.28. The molecule has 0 unspecified atom stereocenters. The van der Waals surface area contributed by atoms with Crippen molar-refractivity contribution in [2.24, 2.45) is 0 Å². The average molecular weight is 489 g/mol. The van der Waals surface area contributed by atoms with E-state index in [0.29, 0.717) is 27.2 Å². The number of rotatable bonds is 8. The van der Waals surface area contributed by atoms with Crippen LogP contribution in [0.3, 0.4) is 0 Å². The first-order chi connectivity index (χ1) is 15.9. The van der Waals surface area contributed by atoms with Gasteiger partial charge in [0.25, 0.3) is 10.0 Å². The van der Waals surface area contributed by atoms with Gasteiger partial charge in [-0.2, -0.15) is 25.4 Å². The maximum absolute atomic E-state index is 13.2. The number of anilines is 1. The second-order valence-corrected chi connectivity index (χ2v) is 8.66. The first kappa shape index (κ1) is 22.3. The van der Waals surface area contributed by atoms with Gasteiger partial charge < -0.3 is 14.5 Å². The SMILES string of the molecule is COc1nc(NS(=O)(=O)c2c[nH]c3c(-n4nccn4)c(Cl)ccc23)nc(OC)c1CCC#N. The van der Waals surface area contributed by atoms with Crippen LogP contribution in [0, 0.1) is 11.3 Å². The molecule has 0 saturated heterocycles. The van der Waals surface area contributed by atoms with Crippen LogP contribution in [0.25, 0.3) is 16.6 Å². The summed E-state index contributed by atoms with van der Waals surface area (Å²) in [5, 5.41) is 17.7. The number of ether oxygens (including phenoxy) is 2. The fraction of sp³-hybridized carbons (Fsp3) is 0.211. The van der Waals surface area contributed by atoms with Crippen LogP contribution < -0.4 is 14.2 Å². The number of methoxy groups -OCH3 is 2. The molecule has 0 saturated carbocycles. The zero-order valence-corrected chi connectivity index (χ0v) is 19.0. The first-order valence-corrected chi connectivity index (χ1v) is 11.3. The van der Waals surface area contributed by atoms with Gasteiger partial charge in [-0.25, -0.2) is 13.1 Å². The lowest BCUT2D eigenvalue weighted by molar-refractivity contribution is 0.364. The highest BCUT2D eigenvalue weighted by atomic mass is 35.5. The Hall–Kier alpha value is -3.89. The van der Waals surface area contributed by atoms with Crippen molar-refractivity contribution in [1.29, 1.82) is 5.26 Å². The van der Waals surface area contributed by atoms with Gasteiger partial charge in [-0.15, -0.1) is 4.80 Å². The maximum atomic E-state index is 13.2. The van der Waals surface area contributed by atoms with Crippen LogP contribution in [0.5, 0.6) is 11.8 Å². The Morgan fingerprint density at radius 3 is 2.45 bits per heavy atom. The second-order valence-electron chi connectivity index (χ2n) is 6.60. The number of hydrogen-bond donors (Lipinski definition) is 2. The molecular weight excluding hydrogens is 472 g/mol. The lowest BCUT2D eigenvalue weighted by Crippen LogP contribution is -2.16. The van der Waals surface area contributed by atoms with Gasteiger partial charge in [-0.1, -0.05) is 11.6 Å². The topological polar surface area (TPSA) is 161 Å². The summed E-state index contributed by atoms with van der Waals surface area (Å²) in [5.74, 6) is -0.0400. The van der Waals surface area contributed by atoms with Crippen LogP contribution in [0.2, 0.25) is 5.02 Å². The number of nitrogens with one attached hydrogen (secondary N) is 2. The molecule has 12 nitrogen and oxygen atoms in total. The Morgan fingerprint density at radius 1 is 1.18 bits per heavy atom. The molecule has 0 spiro atoms. The number of hydrogen-bond acceptors (Lipinski definition) is 9. The molecule has 170 valence electrons. The largest absolute Gasteiger partial charge is 0.481 e. The molecule has 0 amide bonds. The van der Waals surface area contributed by atoms with Gasteiger partial charge in [0.05, 0.1) is 48.8 Å². The normalized spacial score (nSPS) is 11.3. The number of aromatic amines is 1.